The zero-order valence-electron chi connectivity index (χ0n) is 23.0. The minimum atomic E-state index is -0.109. The summed E-state index contributed by atoms with van der Waals surface area (Å²) in [5.74, 6) is 14.1. The summed E-state index contributed by atoms with van der Waals surface area (Å²) in [7, 11) is 0. The smallest absolute Gasteiger partial charge is 0.0290 e. The highest BCUT2D eigenvalue weighted by Gasteiger charge is 2.39. The van der Waals surface area contributed by atoms with E-state index in [0.717, 1.165) is 41.5 Å². The molecule has 0 nitrogen and oxygen atoms in total. The molecule has 0 N–H and O–H groups in total. The van der Waals surface area contributed by atoms with Gasteiger partial charge in [0.25, 0.3) is 0 Å². The molecular formula is C40H32. The summed E-state index contributed by atoms with van der Waals surface area (Å²) in [6.45, 7) is 6.48. The van der Waals surface area contributed by atoms with Gasteiger partial charge in [-0.1, -0.05) is 110 Å². The van der Waals surface area contributed by atoms with Crippen molar-refractivity contribution in [1.82, 2.24) is 0 Å². The van der Waals surface area contributed by atoms with Gasteiger partial charge in [0, 0.05) is 33.6 Å². The summed E-state index contributed by atoms with van der Waals surface area (Å²) in [5, 5.41) is 0. The molecule has 0 aromatic heterocycles. The lowest BCUT2D eigenvalue weighted by molar-refractivity contribution is 0.373. The molecule has 0 heterocycles. The van der Waals surface area contributed by atoms with Crippen LogP contribution < -0.4 is 0 Å². The van der Waals surface area contributed by atoms with Gasteiger partial charge in [0.15, 0.2) is 0 Å². The molecular weight excluding hydrogens is 480 g/mol. The first-order valence-electron chi connectivity index (χ1n) is 14.1. The average Bonchev–Trinajstić information content (AvgIpc) is 3.67. The lowest BCUT2D eigenvalue weighted by atomic mass is 9.66. The average molecular weight is 513 g/mol. The van der Waals surface area contributed by atoms with E-state index in [1.807, 2.05) is 42.5 Å². The largest absolute Gasteiger partial charge is 0.103 e. The van der Waals surface area contributed by atoms with Crippen LogP contribution in [-0.2, 0) is 11.8 Å². The predicted octanol–water partition coefficient (Wildman–Crippen LogP) is 9.02. The molecule has 0 aliphatic heterocycles. The van der Waals surface area contributed by atoms with Gasteiger partial charge in [0.1, 0.15) is 0 Å². The molecule has 0 radical (unpaired) electrons. The topological polar surface area (TPSA) is 0 Å². The maximum absolute atomic E-state index is 4.06. The zero-order valence-corrected chi connectivity index (χ0v) is 23.0. The Morgan fingerprint density at radius 2 is 1.38 bits per heavy atom. The highest BCUT2D eigenvalue weighted by Crippen LogP contribution is 2.48. The molecule has 192 valence electrons. The van der Waals surface area contributed by atoms with Crippen molar-refractivity contribution in [2.24, 2.45) is 5.92 Å². The van der Waals surface area contributed by atoms with Crippen molar-refractivity contribution in [1.29, 1.82) is 0 Å². The van der Waals surface area contributed by atoms with Gasteiger partial charge in [-0.2, -0.15) is 0 Å². The molecule has 40 heavy (non-hydrogen) atoms. The predicted molar refractivity (Wildman–Crippen MR) is 168 cm³/mol. The van der Waals surface area contributed by atoms with Crippen LogP contribution in [0.3, 0.4) is 0 Å². The van der Waals surface area contributed by atoms with Crippen LogP contribution in [0.4, 0.5) is 0 Å². The Balaban J connectivity index is 1.47. The second kappa shape index (κ2) is 11.1. The first-order valence-corrected chi connectivity index (χ1v) is 14.1. The molecule has 0 amide bonds. The summed E-state index contributed by atoms with van der Waals surface area (Å²) in [6.07, 6.45) is 14.0. The molecule has 2 aliphatic rings. The fourth-order valence-corrected chi connectivity index (χ4v) is 6.15. The molecule has 1 unspecified atom stereocenters. The molecule has 0 bridgehead atoms. The van der Waals surface area contributed by atoms with Crippen LogP contribution in [0.15, 0.2) is 128 Å². The van der Waals surface area contributed by atoms with Gasteiger partial charge in [-0.3, -0.25) is 0 Å². The highest BCUT2D eigenvalue weighted by atomic mass is 14.4. The molecule has 0 fully saturated rings. The molecule has 2 aliphatic carbocycles. The standard InChI is InChI=1S/C40H32/c1-3-4-27-40(2,35-17-11-12-18-35)39-33(23-21-31-15-9-6-10-16-31)24-26-37-36-25-22-32(28-34(36)29-38(37)39)20-19-30-13-7-5-8-14-30/h3,5-18,22,24-26,28,35H,1,4,27,29H2,2H3. The van der Waals surface area contributed by atoms with Crippen molar-refractivity contribution in [3.05, 3.63) is 167 Å². The number of allylic oxidation sites excluding steroid dienone is 5. The van der Waals surface area contributed by atoms with E-state index in [1.165, 1.54) is 27.8 Å². The first kappa shape index (κ1) is 25.5. The molecule has 6 rings (SSSR count). The Hall–Kier alpha value is -4.78. The van der Waals surface area contributed by atoms with Crippen LogP contribution in [0.25, 0.3) is 11.1 Å². The molecule has 4 aromatic rings. The molecule has 0 saturated carbocycles. The molecule has 0 heteroatoms. The van der Waals surface area contributed by atoms with Gasteiger partial charge < -0.3 is 0 Å². The maximum Gasteiger partial charge on any atom is 0.0290 e. The minimum absolute atomic E-state index is 0.109. The van der Waals surface area contributed by atoms with Gasteiger partial charge in [0.05, 0.1) is 0 Å². The molecule has 0 spiro atoms. The Bertz CT molecular complexity index is 1730. The number of benzene rings is 4. The van der Waals surface area contributed by atoms with Crippen LogP contribution in [-0.4, -0.2) is 0 Å². The Morgan fingerprint density at radius 3 is 2.05 bits per heavy atom. The van der Waals surface area contributed by atoms with Crippen LogP contribution in [0.5, 0.6) is 0 Å². The van der Waals surface area contributed by atoms with E-state index in [-0.39, 0.29) is 5.41 Å². The minimum Gasteiger partial charge on any atom is -0.103 e. The van der Waals surface area contributed by atoms with E-state index < -0.39 is 0 Å². The van der Waals surface area contributed by atoms with Crippen LogP contribution in [0.2, 0.25) is 0 Å². The van der Waals surface area contributed by atoms with E-state index in [0.29, 0.717) is 5.92 Å². The van der Waals surface area contributed by atoms with E-state index in [2.05, 4.69) is 116 Å². The van der Waals surface area contributed by atoms with E-state index >= 15 is 0 Å². The quantitative estimate of drug-likeness (QED) is 0.163. The van der Waals surface area contributed by atoms with E-state index in [1.54, 1.807) is 0 Å². The van der Waals surface area contributed by atoms with Crippen LogP contribution in [0.1, 0.15) is 58.7 Å². The highest BCUT2D eigenvalue weighted by molar-refractivity contribution is 5.81. The maximum atomic E-state index is 4.06. The van der Waals surface area contributed by atoms with E-state index in [4.69, 9.17) is 0 Å². The lowest BCUT2D eigenvalue weighted by Gasteiger charge is -2.37. The third-order valence-corrected chi connectivity index (χ3v) is 8.24. The van der Waals surface area contributed by atoms with Gasteiger partial charge in [-0.05, 0) is 89.5 Å². The summed E-state index contributed by atoms with van der Waals surface area (Å²) < 4.78 is 0. The van der Waals surface area contributed by atoms with Gasteiger partial charge in [-0.25, -0.2) is 0 Å². The zero-order chi connectivity index (χ0) is 27.4. The van der Waals surface area contributed by atoms with Crippen LogP contribution >= 0.6 is 0 Å². The third-order valence-electron chi connectivity index (χ3n) is 8.24. The fraction of sp³-hybridized carbons (Fsp3) is 0.150. The van der Waals surface area contributed by atoms with Crippen molar-refractivity contribution in [2.75, 3.05) is 0 Å². The van der Waals surface area contributed by atoms with Crippen molar-refractivity contribution in [2.45, 2.75) is 31.6 Å². The monoisotopic (exact) mass is 512 g/mol. The number of fused-ring (bicyclic) bond motifs is 3. The Labute approximate surface area is 238 Å². The van der Waals surface area contributed by atoms with Crippen LogP contribution in [0, 0.1) is 29.6 Å². The summed E-state index contributed by atoms with van der Waals surface area (Å²) in [4.78, 5) is 0. The fourth-order valence-electron chi connectivity index (χ4n) is 6.15. The number of hydrogen-bond donors (Lipinski definition) is 0. The molecule has 0 saturated heterocycles. The van der Waals surface area contributed by atoms with Crippen molar-refractivity contribution in [3.63, 3.8) is 0 Å². The third kappa shape index (κ3) is 4.98. The number of hydrogen-bond acceptors (Lipinski definition) is 0. The normalized spacial score (nSPS) is 14.3. The van der Waals surface area contributed by atoms with Gasteiger partial charge in [0.2, 0.25) is 0 Å². The van der Waals surface area contributed by atoms with Crippen molar-refractivity contribution < 1.29 is 0 Å². The van der Waals surface area contributed by atoms with E-state index in [9.17, 15) is 0 Å². The summed E-state index contributed by atoms with van der Waals surface area (Å²) >= 11 is 0. The van der Waals surface area contributed by atoms with Crippen molar-refractivity contribution in [3.8, 4) is 34.8 Å². The Kier molecular flexibility index (Phi) is 7.10. The number of rotatable bonds is 5. The first-order chi connectivity index (χ1) is 19.7. The van der Waals surface area contributed by atoms with Crippen molar-refractivity contribution >= 4 is 0 Å². The molecule has 4 aromatic carbocycles. The van der Waals surface area contributed by atoms with Gasteiger partial charge >= 0.3 is 0 Å². The second-order valence-electron chi connectivity index (χ2n) is 10.8. The SMILES string of the molecule is C=CCCC(C)(c1c(C#Cc2ccccc2)ccc2c1Cc1cc(C#Cc3ccccc3)ccc1-2)C1C=CC=C1. The summed E-state index contributed by atoms with van der Waals surface area (Å²) in [6, 6.07) is 31.7. The lowest BCUT2D eigenvalue weighted by Crippen LogP contribution is -2.32. The second-order valence-corrected chi connectivity index (χ2v) is 10.8. The summed E-state index contributed by atoms with van der Waals surface area (Å²) in [5.41, 5.74) is 10.9. The molecule has 1 atom stereocenters. The Morgan fingerprint density at radius 1 is 0.750 bits per heavy atom. The van der Waals surface area contributed by atoms with Gasteiger partial charge in [-0.15, -0.1) is 6.58 Å².